The number of nitrogens with zero attached hydrogens (tertiary/aromatic N) is 1. The van der Waals surface area contributed by atoms with Crippen LogP contribution in [0.1, 0.15) is 12.5 Å². The summed E-state index contributed by atoms with van der Waals surface area (Å²) < 4.78 is 22.8. The summed E-state index contributed by atoms with van der Waals surface area (Å²) in [7, 11) is -2.87. The van der Waals surface area contributed by atoms with Crippen LogP contribution in [0.4, 0.5) is 0 Å². The van der Waals surface area contributed by atoms with Crippen molar-refractivity contribution >= 4 is 16.1 Å². The molecule has 0 radical (unpaired) electrons. The van der Waals surface area contributed by atoms with E-state index < -0.39 is 15.3 Å². The van der Waals surface area contributed by atoms with Gasteiger partial charge in [0.15, 0.2) is 9.84 Å². The summed E-state index contributed by atoms with van der Waals surface area (Å²) in [5.41, 5.74) is 0.390. The Morgan fingerprint density at radius 3 is 2.32 bits per heavy atom. The molecule has 1 aromatic carbocycles. The number of benzene rings is 1. The number of hydrogen-bond acceptors (Lipinski definition) is 4. The van der Waals surface area contributed by atoms with E-state index in [-0.39, 0.29) is 11.5 Å². The Hall–Kier alpha value is -1.20. The molecule has 0 N–H and O–H groups in total. The number of carbonyl (C=O) groups excluding carboxylic acids is 1. The molecular weight excluding hydrogens is 262 g/mol. The van der Waals surface area contributed by atoms with Crippen LogP contribution in [0.25, 0.3) is 0 Å². The van der Waals surface area contributed by atoms with Gasteiger partial charge in [-0.15, -0.1) is 0 Å². The molecule has 1 heterocycles. The lowest BCUT2D eigenvalue weighted by Crippen LogP contribution is -2.47. The van der Waals surface area contributed by atoms with Crippen LogP contribution in [0, 0.1) is 0 Å². The Bertz CT molecular complexity index is 527. The van der Waals surface area contributed by atoms with Crippen molar-refractivity contribution in [3.63, 3.8) is 0 Å². The highest BCUT2D eigenvalue weighted by Gasteiger charge is 2.31. The van der Waals surface area contributed by atoms with Gasteiger partial charge in [-0.3, -0.25) is 0 Å². The van der Waals surface area contributed by atoms with Crippen molar-refractivity contribution in [2.24, 2.45) is 0 Å². The Balaban J connectivity index is 2.10. The Morgan fingerprint density at radius 1 is 1.21 bits per heavy atom. The number of rotatable bonds is 4. The lowest BCUT2D eigenvalue weighted by atomic mass is 9.83. The number of hydrogen-bond donors (Lipinski definition) is 0. The molecule has 104 valence electrons. The molecule has 1 aromatic rings. The molecular formula is C14H19NO3S. The van der Waals surface area contributed by atoms with Crippen LogP contribution in [0.2, 0.25) is 0 Å². The van der Waals surface area contributed by atoms with Crippen LogP contribution in [0.3, 0.4) is 0 Å². The molecule has 2 rings (SSSR count). The second-order valence-corrected chi connectivity index (χ2v) is 7.63. The summed E-state index contributed by atoms with van der Waals surface area (Å²) in [6.45, 7) is 3.49. The lowest BCUT2D eigenvalue weighted by molar-refractivity contribution is -0.112. The van der Waals surface area contributed by atoms with Crippen LogP contribution in [-0.2, 0) is 20.0 Å². The second-order valence-electron chi connectivity index (χ2n) is 5.33. The molecule has 1 fully saturated rings. The summed E-state index contributed by atoms with van der Waals surface area (Å²) >= 11 is 0. The van der Waals surface area contributed by atoms with Crippen LogP contribution in [0.5, 0.6) is 0 Å². The van der Waals surface area contributed by atoms with E-state index in [1.54, 1.807) is 0 Å². The van der Waals surface area contributed by atoms with Crippen molar-refractivity contribution in [3.05, 3.63) is 35.9 Å². The van der Waals surface area contributed by atoms with E-state index in [9.17, 15) is 13.2 Å². The maximum absolute atomic E-state index is 11.5. The zero-order valence-corrected chi connectivity index (χ0v) is 11.9. The first-order valence-corrected chi connectivity index (χ1v) is 8.22. The standard InChI is InChI=1S/C14H19NO3S/c1-14(12-16,13-5-3-2-4-6-13)11-15-7-9-19(17,18)10-8-15/h2-6,12H,7-11H2,1H3. The molecule has 0 bridgehead atoms. The van der Waals surface area contributed by atoms with Gasteiger partial charge < -0.3 is 9.69 Å². The Kier molecular flexibility index (Phi) is 4.06. The van der Waals surface area contributed by atoms with Gasteiger partial charge in [0.25, 0.3) is 0 Å². The maximum Gasteiger partial charge on any atom is 0.152 e. The molecule has 4 nitrogen and oxygen atoms in total. The van der Waals surface area contributed by atoms with Crippen LogP contribution in [0.15, 0.2) is 30.3 Å². The number of sulfone groups is 1. The zero-order chi connectivity index (χ0) is 13.9. The van der Waals surface area contributed by atoms with Gasteiger partial charge in [-0.1, -0.05) is 30.3 Å². The van der Waals surface area contributed by atoms with Gasteiger partial charge in [-0.2, -0.15) is 0 Å². The molecule has 0 saturated carbocycles. The summed E-state index contributed by atoms with van der Waals surface area (Å²) in [6.07, 6.45) is 0.964. The third-order valence-corrected chi connectivity index (χ3v) is 5.29. The van der Waals surface area contributed by atoms with Crippen molar-refractivity contribution in [1.82, 2.24) is 4.90 Å². The minimum atomic E-state index is -2.87. The van der Waals surface area contributed by atoms with Gasteiger partial charge >= 0.3 is 0 Å². The van der Waals surface area contributed by atoms with Crippen LogP contribution in [-0.4, -0.2) is 50.7 Å². The van der Waals surface area contributed by atoms with E-state index in [2.05, 4.69) is 4.90 Å². The van der Waals surface area contributed by atoms with Crippen LogP contribution >= 0.6 is 0 Å². The highest BCUT2D eigenvalue weighted by atomic mass is 32.2. The molecule has 0 spiro atoms. The molecule has 1 atom stereocenters. The van der Waals surface area contributed by atoms with Gasteiger partial charge in [0, 0.05) is 19.6 Å². The zero-order valence-electron chi connectivity index (χ0n) is 11.1. The van der Waals surface area contributed by atoms with Crippen molar-refractivity contribution in [1.29, 1.82) is 0 Å². The van der Waals surface area contributed by atoms with Crippen LogP contribution < -0.4 is 0 Å². The summed E-state index contributed by atoms with van der Waals surface area (Å²) in [4.78, 5) is 13.5. The van der Waals surface area contributed by atoms with E-state index in [0.717, 1.165) is 11.8 Å². The monoisotopic (exact) mass is 281 g/mol. The predicted octanol–water partition coefficient (Wildman–Crippen LogP) is 0.874. The first-order valence-electron chi connectivity index (χ1n) is 6.40. The molecule has 0 amide bonds. The van der Waals surface area contributed by atoms with Crippen molar-refractivity contribution in [3.8, 4) is 0 Å². The molecule has 19 heavy (non-hydrogen) atoms. The molecule has 1 aliphatic heterocycles. The average molecular weight is 281 g/mol. The second kappa shape index (κ2) is 5.43. The summed E-state index contributed by atoms with van der Waals surface area (Å²) in [5.74, 6) is 0.382. The van der Waals surface area contributed by atoms with Gasteiger partial charge in [-0.25, -0.2) is 8.42 Å². The largest absolute Gasteiger partial charge is 0.302 e. The Labute approximate surface area is 114 Å². The fraction of sp³-hybridized carbons (Fsp3) is 0.500. The van der Waals surface area contributed by atoms with E-state index in [4.69, 9.17) is 0 Å². The maximum atomic E-state index is 11.5. The molecule has 1 saturated heterocycles. The average Bonchev–Trinajstić information content (AvgIpc) is 2.42. The predicted molar refractivity (Wildman–Crippen MR) is 75.0 cm³/mol. The first kappa shape index (κ1) is 14.2. The Morgan fingerprint density at radius 2 is 1.79 bits per heavy atom. The van der Waals surface area contributed by atoms with Gasteiger partial charge in [0.2, 0.25) is 0 Å². The summed E-state index contributed by atoms with van der Waals surface area (Å²) in [6, 6.07) is 9.63. The smallest absolute Gasteiger partial charge is 0.152 e. The lowest BCUT2D eigenvalue weighted by Gasteiger charge is -2.34. The molecule has 0 aromatic heterocycles. The van der Waals surface area contributed by atoms with Gasteiger partial charge in [0.1, 0.15) is 6.29 Å². The quantitative estimate of drug-likeness (QED) is 0.769. The van der Waals surface area contributed by atoms with Crippen molar-refractivity contribution in [2.45, 2.75) is 12.3 Å². The van der Waals surface area contributed by atoms with Gasteiger partial charge in [0.05, 0.1) is 16.9 Å². The van der Waals surface area contributed by atoms with Gasteiger partial charge in [-0.05, 0) is 12.5 Å². The van der Waals surface area contributed by atoms with E-state index in [0.29, 0.717) is 19.6 Å². The number of aldehydes is 1. The van der Waals surface area contributed by atoms with Crippen molar-refractivity contribution in [2.75, 3.05) is 31.1 Å². The fourth-order valence-corrected chi connectivity index (χ4v) is 3.67. The van der Waals surface area contributed by atoms with E-state index in [1.165, 1.54) is 0 Å². The SMILES string of the molecule is CC(C=O)(CN1CCS(=O)(=O)CC1)c1ccccc1. The van der Waals surface area contributed by atoms with Crippen molar-refractivity contribution < 1.29 is 13.2 Å². The third kappa shape index (κ3) is 3.42. The molecule has 0 aliphatic carbocycles. The molecule has 1 unspecified atom stereocenters. The fourth-order valence-electron chi connectivity index (χ4n) is 2.39. The minimum absolute atomic E-state index is 0.191. The van der Waals surface area contributed by atoms with E-state index in [1.807, 2.05) is 37.3 Å². The molecule has 5 heteroatoms. The molecule has 1 aliphatic rings. The highest BCUT2D eigenvalue weighted by molar-refractivity contribution is 7.91. The normalized spacial score (nSPS) is 22.6. The topological polar surface area (TPSA) is 54.5 Å². The summed E-state index contributed by atoms with van der Waals surface area (Å²) in [5, 5.41) is 0. The van der Waals surface area contributed by atoms with E-state index >= 15 is 0 Å². The minimum Gasteiger partial charge on any atom is -0.302 e. The first-order chi connectivity index (χ1) is 8.95. The third-order valence-electron chi connectivity index (χ3n) is 3.68. The highest BCUT2D eigenvalue weighted by Crippen LogP contribution is 2.23. The number of carbonyl (C=O) groups is 1.